The first kappa shape index (κ1) is 21.9. The summed E-state index contributed by atoms with van der Waals surface area (Å²) in [7, 11) is 0. The number of alkyl halides is 1. The number of H-pyrrole nitrogens is 1. The van der Waals surface area contributed by atoms with Crippen molar-refractivity contribution in [2.24, 2.45) is 5.92 Å². The topological polar surface area (TPSA) is 34.3 Å². The molecule has 5 aliphatic rings. The summed E-state index contributed by atoms with van der Waals surface area (Å²) in [6.07, 6.45) is 7.04. The van der Waals surface area contributed by atoms with Gasteiger partial charge in [-0.2, -0.15) is 0 Å². The molecule has 3 aliphatic carbocycles. The van der Waals surface area contributed by atoms with Gasteiger partial charge >= 0.3 is 0 Å². The van der Waals surface area contributed by atoms with Gasteiger partial charge in [0.2, 0.25) is 0 Å². The molecule has 2 aliphatic heterocycles. The van der Waals surface area contributed by atoms with Crippen LogP contribution in [0.2, 0.25) is 0 Å². The molecule has 35 heavy (non-hydrogen) atoms. The van der Waals surface area contributed by atoms with Gasteiger partial charge in [-0.3, -0.25) is 9.29 Å². The number of likely N-dealkylation sites (tertiary alicyclic amines) is 1. The van der Waals surface area contributed by atoms with Gasteiger partial charge in [0.05, 0.1) is 12.7 Å². The van der Waals surface area contributed by atoms with E-state index in [-0.39, 0.29) is 6.67 Å². The molecule has 0 unspecified atom stereocenters. The summed E-state index contributed by atoms with van der Waals surface area (Å²) in [5, 5.41) is 5.14. The molecule has 5 heteroatoms. The number of benzene rings is 2. The average molecular weight is 473 g/mol. The van der Waals surface area contributed by atoms with E-state index in [2.05, 4.69) is 75.6 Å². The number of hydrogen-bond donors (Lipinski definition) is 2. The van der Waals surface area contributed by atoms with E-state index < -0.39 is 0 Å². The highest BCUT2D eigenvalue weighted by molar-refractivity contribution is 5.85. The molecular formula is C30H37FN4. The fourth-order valence-electron chi connectivity index (χ4n) is 7.71. The molecule has 0 radical (unpaired) electrons. The number of rotatable bonds is 7. The molecule has 2 bridgehead atoms. The first-order chi connectivity index (χ1) is 17.1. The van der Waals surface area contributed by atoms with Crippen LogP contribution in [0.4, 0.5) is 10.1 Å². The molecule has 2 N–H and O–H groups in total. The van der Waals surface area contributed by atoms with Crippen molar-refractivity contribution < 1.29 is 4.39 Å². The summed E-state index contributed by atoms with van der Waals surface area (Å²) in [5.74, 6) is 0.967. The van der Waals surface area contributed by atoms with Gasteiger partial charge in [0, 0.05) is 59.5 Å². The van der Waals surface area contributed by atoms with Crippen LogP contribution in [0.25, 0.3) is 10.9 Å². The number of fused-ring (bicyclic) bond motifs is 3. The van der Waals surface area contributed by atoms with E-state index in [4.69, 9.17) is 0 Å². The molecule has 184 valence electrons. The summed E-state index contributed by atoms with van der Waals surface area (Å²) < 4.78 is 12.5. The largest absolute Gasteiger partial charge is 0.381 e. The van der Waals surface area contributed by atoms with Crippen LogP contribution in [0.1, 0.15) is 61.9 Å². The number of nitrogens with one attached hydrogen (secondary N) is 2. The Morgan fingerprint density at radius 3 is 2.63 bits per heavy atom. The van der Waals surface area contributed by atoms with E-state index in [0.29, 0.717) is 30.1 Å². The van der Waals surface area contributed by atoms with Crippen LogP contribution in [0, 0.1) is 5.92 Å². The number of halogens is 1. The average Bonchev–Trinajstić information content (AvgIpc) is 3.41. The van der Waals surface area contributed by atoms with E-state index in [9.17, 15) is 4.39 Å². The Morgan fingerprint density at radius 1 is 1.09 bits per heavy atom. The molecule has 3 saturated carbocycles. The van der Waals surface area contributed by atoms with Crippen LogP contribution in [0.15, 0.2) is 48.5 Å². The number of hydrogen-bond acceptors (Lipinski definition) is 3. The van der Waals surface area contributed by atoms with Crippen LogP contribution in [0.3, 0.4) is 0 Å². The maximum Gasteiger partial charge on any atom is 0.0906 e. The number of aromatic nitrogens is 1. The highest BCUT2D eigenvalue weighted by atomic mass is 19.1. The summed E-state index contributed by atoms with van der Waals surface area (Å²) in [6, 6.07) is 19.4. The minimum Gasteiger partial charge on any atom is -0.381 e. The molecule has 2 aromatic carbocycles. The van der Waals surface area contributed by atoms with Gasteiger partial charge in [-0.1, -0.05) is 30.3 Å². The second-order valence-electron chi connectivity index (χ2n) is 11.7. The van der Waals surface area contributed by atoms with Gasteiger partial charge < -0.3 is 15.2 Å². The zero-order valence-electron chi connectivity index (χ0n) is 20.8. The van der Waals surface area contributed by atoms with Crippen LogP contribution < -0.4 is 5.32 Å². The van der Waals surface area contributed by atoms with Crippen LogP contribution in [-0.4, -0.2) is 58.7 Å². The fraction of sp³-hybridized carbons (Fsp3) is 0.533. The molecule has 0 spiro atoms. The standard InChI is InChI=1S/C30H37FN4/c1-20-15-26-25-5-2-3-6-27(25)33-28(26)29(35(20)30-16-21(17-30)18-30)22-7-9-23(10-8-22)32-24-11-14-34(19-24)13-4-12-31/h2-3,5-10,20-21,24,29,32-33H,4,11-19H2,1H3/t20-,21?,24+,29-,30?/m1/s1. The third-order valence-electron chi connectivity index (χ3n) is 9.40. The molecule has 4 nitrogen and oxygen atoms in total. The minimum atomic E-state index is -0.215. The molecule has 3 heterocycles. The summed E-state index contributed by atoms with van der Waals surface area (Å²) in [4.78, 5) is 9.12. The predicted molar refractivity (Wildman–Crippen MR) is 141 cm³/mol. The van der Waals surface area contributed by atoms with Crippen LogP contribution >= 0.6 is 0 Å². The number of anilines is 1. The SMILES string of the molecule is C[C@@H]1Cc2c([nH]c3ccccc23)[C@@H](c2ccc(N[C@H]3CCN(CCCF)C3)cc2)N1C12CC(C1)C2. The lowest BCUT2D eigenvalue weighted by molar-refractivity contribution is -0.174. The zero-order chi connectivity index (χ0) is 23.6. The third-order valence-corrected chi connectivity index (χ3v) is 9.40. The maximum absolute atomic E-state index is 12.5. The van der Waals surface area contributed by atoms with Gasteiger partial charge in [0.25, 0.3) is 0 Å². The third kappa shape index (κ3) is 3.54. The molecule has 3 atom stereocenters. The van der Waals surface area contributed by atoms with Crippen molar-refractivity contribution in [1.82, 2.24) is 14.8 Å². The number of nitrogens with zero attached hydrogens (tertiary/aromatic N) is 2. The van der Waals surface area contributed by atoms with Crippen LogP contribution in [-0.2, 0) is 6.42 Å². The molecule has 3 aromatic rings. The Labute approximate surface area is 207 Å². The van der Waals surface area contributed by atoms with E-state index in [1.807, 2.05) is 0 Å². The molecular weight excluding hydrogens is 435 g/mol. The first-order valence-corrected chi connectivity index (χ1v) is 13.7. The minimum absolute atomic E-state index is 0.215. The monoisotopic (exact) mass is 472 g/mol. The normalized spacial score (nSPS) is 32.3. The highest BCUT2D eigenvalue weighted by Gasteiger charge is 2.63. The Morgan fingerprint density at radius 2 is 1.89 bits per heavy atom. The van der Waals surface area contributed by atoms with Crippen LogP contribution in [0.5, 0.6) is 0 Å². The molecule has 1 aromatic heterocycles. The Bertz CT molecular complexity index is 1200. The van der Waals surface area contributed by atoms with E-state index >= 15 is 0 Å². The molecule has 8 rings (SSSR count). The zero-order valence-corrected chi connectivity index (χ0v) is 20.8. The first-order valence-electron chi connectivity index (χ1n) is 13.7. The van der Waals surface area contributed by atoms with Crippen molar-refractivity contribution in [3.8, 4) is 0 Å². The second-order valence-corrected chi connectivity index (χ2v) is 11.7. The summed E-state index contributed by atoms with van der Waals surface area (Å²) in [6.45, 7) is 5.18. The van der Waals surface area contributed by atoms with Crippen molar-refractivity contribution in [3.63, 3.8) is 0 Å². The summed E-state index contributed by atoms with van der Waals surface area (Å²) in [5.41, 5.74) is 7.20. The van der Waals surface area contributed by atoms with E-state index in [1.165, 1.54) is 52.7 Å². The van der Waals surface area contributed by atoms with Crippen molar-refractivity contribution >= 4 is 16.6 Å². The van der Waals surface area contributed by atoms with Crippen molar-refractivity contribution in [2.75, 3.05) is 31.6 Å². The van der Waals surface area contributed by atoms with Gasteiger partial charge in [-0.05, 0) is 80.7 Å². The Hall–Kier alpha value is -2.37. The van der Waals surface area contributed by atoms with Gasteiger partial charge in [0.1, 0.15) is 0 Å². The fourth-order valence-corrected chi connectivity index (χ4v) is 7.71. The van der Waals surface area contributed by atoms with Crippen molar-refractivity contribution in [2.45, 2.75) is 69.1 Å². The van der Waals surface area contributed by atoms with E-state index in [1.54, 1.807) is 0 Å². The van der Waals surface area contributed by atoms with Crippen molar-refractivity contribution in [3.05, 3.63) is 65.4 Å². The Kier molecular flexibility index (Phi) is 5.22. The predicted octanol–water partition coefficient (Wildman–Crippen LogP) is 5.90. The smallest absolute Gasteiger partial charge is 0.0906 e. The van der Waals surface area contributed by atoms with Gasteiger partial charge in [-0.25, -0.2) is 0 Å². The highest BCUT2D eigenvalue weighted by Crippen LogP contribution is 2.64. The molecule has 0 amide bonds. The lowest BCUT2D eigenvalue weighted by Crippen LogP contribution is -2.71. The maximum atomic E-state index is 12.5. The molecule has 4 fully saturated rings. The van der Waals surface area contributed by atoms with Gasteiger partial charge in [-0.15, -0.1) is 0 Å². The lowest BCUT2D eigenvalue weighted by Gasteiger charge is -2.70. The second kappa shape index (κ2) is 8.35. The van der Waals surface area contributed by atoms with Gasteiger partial charge in [0.15, 0.2) is 0 Å². The number of aromatic amines is 1. The van der Waals surface area contributed by atoms with Crippen molar-refractivity contribution in [1.29, 1.82) is 0 Å². The lowest BCUT2D eigenvalue weighted by atomic mass is 9.48. The molecule has 1 saturated heterocycles. The van der Waals surface area contributed by atoms with E-state index in [0.717, 1.165) is 38.4 Å². The Balaban J connectivity index is 1.18. The number of para-hydroxylation sites is 1. The quantitative estimate of drug-likeness (QED) is 0.449. The summed E-state index contributed by atoms with van der Waals surface area (Å²) >= 11 is 0.